The second kappa shape index (κ2) is 11.4. The van der Waals surface area contributed by atoms with Crippen molar-refractivity contribution in [2.45, 2.75) is 83.8 Å². The minimum atomic E-state index is -0.565. The van der Waals surface area contributed by atoms with Crippen molar-refractivity contribution in [1.82, 2.24) is 19.8 Å². The van der Waals surface area contributed by atoms with Crippen molar-refractivity contribution in [3.63, 3.8) is 0 Å². The molecular weight excluding hydrogens is 400 g/mol. The number of urea groups is 1. The molecule has 0 aromatic rings. The van der Waals surface area contributed by atoms with E-state index in [0.29, 0.717) is 19.5 Å². The van der Waals surface area contributed by atoms with Gasteiger partial charge in [-0.1, -0.05) is 52.0 Å². The van der Waals surface area contributed by atoms with Crippen molar-refractivity contribution in [3.8, 4) is 0 Å². The average molecular weight is 441 g/mol. The van der Waals surface area contributed by atoms with Crippen LogP contribution in [0.2, 0.25) is 0 Å². The van der Waals surface area contributed by atoms with Crippen LogP contribution in [-0.4, -0.2) is 71.9 Å². The fraction of sp³-hybridized carbons (Fsp3) is 0.864. The predicted molar refractivity (Wildman–Crippen MR) is 122 cm³/mol. The molecule has 3 amide bonds. The van der Waals surface area contributed by atoms with Gasteiger partial charge >= 0.3 is 6.03 Å². The molecule has 2 aliphatic rings. The van der Waals surface area contributed by atoms with Gasteiger partial charge in [0.2, 0.25) is 5.91 Å². The smallest absolute Gasteiger partial charge is 0.315 e. The molecule has 1 heterocycles. The SMILES string of the molecule is CSN(C)CC(NC(=O)NC(C(=O)N1CCCC1C=O)C1CCCCC1)C(C)(C)C. The lowest BCUT2D eigenvalue weighted by Gasteiger charge is -2.36. The van der Waals surface area contributed by atoms with E-state index in [1.54, 1.807) is 16.8 Å². The zero-order valence-corrected chi connectivity index (χ0v) is 20.1. The van der Waals surface area contributed by atoms with Crippen LogP contribution in [0, 0.1) is 11.3 Å². The molecule has 2 N–H and O–H groups in total. The van der Waals surface area contributed by atoms with E-state index in [0.717, 1.165) is 38.4 Å². The zero-order chi connectivity index (χ0) is 22.3. The number of hydrogen-bond donors (Lipinski definition) is 2. The number of hydrogen-bond acceptors (Lipinski definition) is 5. The molecule has 7 nitrogen and oxygen atoms in total. The van der Waals surface area contributed by atoms with Crippen molar-refractivity contribution in [2.24, 2.45) is 11.3 Å². The lowest BCUT2D eigenvalue weighted by molar-refractivity contribution is -0.137. The molecule has 0 aromatic heterocycles. The minimum absolute atomic E-state index is 0.0634. The maximum absolute atomic E-state index is 13.4. The van der Waals surface area contributed by atoms with Crippen LogP contribution < -0.4 is 10.6 Å². The number of likely N-dealkylation sites (tertiary alicyclic amines) is 1. The molecule has 3 unspecified atom stereocenters. The third-order valence-corrected chi connectivity index (χ3v) is 7.29. The maximum Gasteiger partial charge on any atom is 0.315 e. The van der Waals surface area contributed by atoms with Crippen LogP contribution in [0.5, 0.6) is 0 Å². The van der Waals surface area contributed by atoms with E-state index in [9.17, 15) is 14.4 Å². The summed E-state index contributed by atoms with van der Waals surface area (Å²) in [6.07, 6.45) is 9.65. The van der Waals surface area contributed by atoms with E-state index < -0.39 is 6.04 Å². The molecule has 3 atom stereocenters. The Kier molecular flexibility index (Phi) is 9.47. The summed E-state index contributed by atoms with van der Waals surface area (Å²) in [5, 5.41) is 6.14. The first kappa shape index (κ1) is 25.0. The first-order chi connectivity index (χ1) is 14.2. The average Bonchev–Trinajstić information content (AvgIpc) is 3.19. The van der Waals surface area contributed by atoms with Gasteiger partial charge in [-0.15, -0.1) is 0 Å². The van der Waals surface area contributed by atoms with Gasteiger partial charge < -0.3 is 20.3 Å². The van der Waals surface area contributed by atoms with E-state index in [4.69, 9.17) is 0 Å². The molecule has 0 radical (unpaired) electrons. The number of nitrogens with one attached hydrogen (secondary N) is 2. The van der Waals surface area contributed by atoms with Crippen LogP contribution in [0.3, 0.4) is 0 Å². The highest BCUT2D eigenvalue weighted by Crippen LogP contribution is 2.29. The molecule has 30 heavy (non-hydrogen) atoms. The predicted octanol–water partition coefficient (Wildman–Crippen LogP) is 3.05. The highest BCUT2D eigenvalue weighted by atomic mass is 32.2. The summed E-state index contributed by atoms with van der Waals surface area (Å²) in [5.74, 6) is 0.0343. The Morgan fingerprint density at radius 2 is 1.80 bits per heavy atom. The summed E-state index contributed by atoms with van der Waals surface area (Å²) < 4.78 is 2.10. The molecule has 1 aliphatic heterocycles. The molecule has 0 spiro atoms. The minimum Gasteiger partial charge on any atom is -0.334 e. The number of aldehydes is 1. The van der Waals surface area contributed by atoms with Gasteiger partial charge in [-0.05, 0) is 50.3 Å². The van der Waals surface area contributed by atoms with Crippen LogP contribution in [0.25, 0.3) is 0 Å². The molecule has 2 fully saturated rings. The van der Waals surface area contributed by atoms with Crippen molar-refractivity contribution in [3.05, 3.63) is 0 Å². The van der Waals surface area contributed by atoms with E-state index in [1.165, 1.54) is 6.42 Å². The van der Waals surface area contributed by atoms with Crippen LogP contribution in [-0.2, 0) is 9.59 Å². The lowest BCUT2D eigenvalue weighted by Crippen LogP contribution is -2.59. The van der Waals surface area contributed by atoms with Crippen LogP contribution in [0.15, 0.2) is 0 Å². The van der Waals surface area contributed by atoms with Gasteiger partial charge in [0.05, 0.1) is 6.04 Å². The van der Waals surface area contributed by atoms with Gasteiger partial charge in [0.25, 0.3) is 0 Å². The topological polar surface area (TPSA) is 81.8 Å². The summed E-state index contributed by atoms with van der Waals surface area (Å²) in [6.45, 7) is 7.62. The molecule has 2 rings (SSSR count). The van der Waals surface area contributed by atoms with Crippen LogP contribution in [0.1, 0.15) is 65.7 Å². The van der Waals surface area contributed by atoms with Gasteiger partial charge in [0.15, 0.2) is 0 Å². The number of rotatable bonds is 8. The van der Waals surface area contributed by atoms with Gasteiger partial charge in [0, 0.05) is 19.1 Å². The largest absolute Gasteiger partial charge is 0.334 e. The quantitative estimate of drug-likeness (QED) is 0.448. The first-order valence-corrected chi connectivity index (χ1v) is 12.4. The number of carbonyl (C=O) groups is 3. The van der Waals surface area contributed by atoms with Gasteiger partial charge in [-0.3, -0.25) is 9.10 Å². The van der Waals surface area contributed by atoms with E-state index in [-0.39, 0.29) is 35.4 Å². The standard InChI is InChI=1S/C22H40N4O3S/c1-22(2,3)18(14-25(4)30-5)23-21(29)24-19(16-10-7-6-8-11-16)20(28)26-13-9-12-17(26)15-27/h15-19H,6-14H2,1-5H3,(H2,23,24,29). The maximum atomic E-state index is 13.4. The Morgan fingerprint density at radius 3 is 2.37 bits per heavy atom. The Bertz CT molecular complexity index is 589. The van der Waals surface area contributed by atoms with Crippen LogP contribution >= 0.6 is 11.9 Å². The van der Waals surface area contributed by atoms with E-state index in [1.807, 2.05) is 13.3 Å². The summed E-state index contributed by atoms with van der Waals surface area (Å²) in [7, 11) is 2.00. The van der Waals surface area contributed by atoms with Crippen molar-refractivity contribution in [1.29, 1.82) is 0 Å². The number of likely N-dealkylation sites (N-methyl/N-ethyl adjacent to an activating group) is 1. The molecule has 0 aromatic carbocycles. The van der Waals surface area contributed by atoms with Crippen molar-refractivity contribution >= 4 is 30.2 Å². The first-order valence-electron chi connectivity index (χ1n) is 11.3. The van der Waals surface area contributed by atoms with E-state index in [2.05, 4.69) is 35.7 Å². The Balaban J connectivity index is 2.12. The summed E-state index contributed by atoms with van der Waals surface area (Å²) >= 11 is 1.63. The summed E-state index contributed by atoms with van der Waals surface area (Å²) in [4.78, 5) is 39.5. The van der Waals surface area contributed by atoms with Gasteiger partial charge in [-0.2, -0.15) is 0 Å². The number of nitrogens with zero attached hydrogens (tertiary/aromatic N) is 2. The number of amides is 3. The van der Waals surface area contributed by atoms with Crippen molar-refractivity contribution in [2.75, 3.05) is 26.4 Å². The lowest BCUT2D eigenvalue weighted by atomic mass is 9.83. The van der Waals surface area contributed by atoms with Crippen molar-refractivity contribution < 1.29 is 14.4 Å². The molecule has 172 valence electrons. The Morgan fingerprint density at radius 1 is 1.13 bits per heavy atom. The molecule has 0 bridgehead atoms. The molecule has 1 saturated heterocycles. The fourth-order valence-corrected chi connectivity index (χ4v) is 4.74. The molecule has 1 saturated carbocycles. The zero-order valence-electron chi connectivity index (χ0n) is 19.3. The molecular formula is C22H40N4O3S. The van der Waals surface area contributed by atoms with Gasteiger partial charge in [0.1, 0.15) is 12.3 Å². The monoisotopic (exact) mass is 440 g/mol. The summed E-state index contributed by atoms with van der Waals surface area (Å²) in [6, 6.07) is -1.28. The third kappa shape index (κ3) is 6.87. The van der Waals surface area contributed by atoms with Gasteiger partial charge in [-0.25, -0.2) is 4.79 Å². The fourth-order valence-electron chi connectivity index (χ4n) is 4.44. The highest BCUT2D eigenvalue weighted by molar-refractivity contribution is 7.96. The highest BCUT2D eigenvalue weighted by Gasteiger charge is 2.38. The molecule has 1 aliphatic carbocycles. The normalized spacial score (nSPS) is 22.6. The number of carbonyl (C=O) groups excluding carboxylic acids is 3. The second-order valence-electron chi connectivity index (χ2n) is 9.78. The Labute approximate surface area is 186 Å². The Hall–Kier alpha value is -1.28. The second-order valence-corrected chi connectivity index (χ2v) is 10.8. The molecule has 8 heteroatoms. The van der Waals surface area contributed by atoms with E-state index >= 15 is 0 Å². The van der Waals surface area contributed by atoms with Crippen LogP contribution in [0.4, 0.5) is 4.79 Å². The third-order valence-electron chi connectivity index (χ3n) is 6.52. The summed E-state index contributed by atoms with van der Waals surface area (Å²) in [5.41, 5.74) is -0.122.